The predicted molar refractivity (Wildman–Crippen MR) is 126 cm³/mol. The van der Waals surface area contributed by atoms with Gasteiger partial charge < -0.3 is 20.1 Å². The molecule has 1 fully saturated rings. The Morgan fingerprint density at radius 2 is 2.03 bits per heavy atom. The van der Waals surface area contributed by atoms with Crippen LogP contribution < -0.4 is 10.2 Å². The predicted octanol–water partition coefficient (Wildman–Crippen LogP) is 2.66. The first kappa shape index (κ1) is 21.7. The van der Waals surface area contributed by atoms with E-state index in [2.05, 4.69) is 25.4 Å². The number of hydrogen-bond donors (Lipinski definition) is 2. The van der Waals surface area contributed by atoms with Gasteiger partial charge in [0.1, 0.15) is 11.6 Å². The molecule has 2 N–H and O–H groups in total. The number of aryl methyl sites for hydroxylation is 1. The normalized spacial score (nSPS) is 15.7. The molecule has 0 atom stereocenters. The van der Waals surface area contributed by atoms with Gasteiger partial charge in [0, 0.05) is 29.8 Å². The summed E-state index contributed by atoms with van der Waals surface area (Å²) in [4.78, 5) is 20.8. The number of pyridine rings is 1. The Kier molecular flexibility index (Phi) is 5.94. The smallest absolute Gasteiger partial charge is 0.289 e. The summed E-state index contributed by atoms with van der Waals surface area (Å²) in [6.45, 7) is 6.70. The van der Waals surface area contributed by atoms with E-state index in [0.29, 0.717) is 30.3 Å². The Morgan fingerprint density at radius 1 is 1.21 bits per heavy atom. The van der Waals surface area contributed by atoms with Gasteiger partial charge in [0.2, 0.25) is 5.82 Å². The van der Waals surface area contributed by atoms with Gasteiger partial charge in [0.15, 0.2) is 5.82 Å². The van der Waals surface area contributed by atoms with Gasteiger partial charge in [-0.15, -0.1) is 22.0 Å². The minimum absolute atomic E-state index is 0.0571. The second-order valence-corrected chi connectivity index (χ2v) is 9.50. The van der Waals surface area contributed by atoms with Gasteiger partial charge in [-0.1, -0.05) is 0 Å². The zero-order chi connectivity index (χ0) is 22.9. The summed E-state index contributed by atoms with van der Waals surface area (Å²) in [5, 5.41) is 22.2. The van der Waals surface area contributed by atoms with Crippen molar-refractivity contribution < 1.29 is 14.6 Å². The first-order valence-corrected chi connectivity index (χ1v) is 12.0. The van der Waals surface area contributed by atoms with Crippen molar-refractivity contribution in [3.63, 3.8) is 0 Å². The molecule has 9 nitrogen and oxygen atoms in total. The highest BCUT2D eigenvalue weighted by Gasteiger charge is 2.25. The molecular weight excluding hydrogens is 440 g/mol. The number of phenols is 1. The molecule has 0 aliphatic carbocycles. The number of phenolic OH excluding ortho intramolecular Hbond substituents is 1. The Labute approximate surface area is 196 Å². The number of benzene rings is 1. The van der Waals surface area contributed by atoms with E-state index in [-0.39, 0.29) is 23.5 Å². The number of fused-ring (bicyclic) bond motifs is 1. The molecule has 5 rings (SSSR count). The van der Waals surface area contributed by atoms with Gasteiger partial charge in [0.05, 0.1) is 30.7 Å². The van der Waals surface area contributed by atoms with Crippen molar-refractivity contribution in [3.8, 4) is 22.8 Å². The third-order valence-electron chi connectivity index (χ3n) is 5.66. The number of amides is 1. The maximum absolute atomic E-state index is 12.9. The van der Waals surface area contributed by atoms with Crippen molar-refractivity contribution in [3.05, 3.63) is 41.9 Å². The zero-order valence-corrected chi connectivity index (χ0v) is 19.4. The second-order valence-electron chi connectivity index (χ2n) is 8.36. The van der Waals surface area contributed by atoms with E-state index in [0.717, 1.165) is 41.5 Å². The van der Waals surface area contributed by atoms with Gasteiger partial charge >= 0.3 is 0 Å². The van der Waals surface area contributed by atoms with E-state index < -0.39 is 0 Å². The lowest BCUT2D eigenvalue weighted by Crippen LogP contribution is -2.36. The third kappa shape index (κ3) is 4.28. The molecule has 0 bridgehead atoms. The SMILES string of the molecule is CC(C)NC(=O)c1nnc(-c2cc3c(cc2O)SCC3)n1-c1ccc(N2CCOCC2)nc1. The van der Waals surface area contributed by atoms with Crippen LogP contribution in [0.3, 0.4) is 0 Å². The van der Waals surface area contributed by atoms with E-state index in [1.54, 1.807) is 28.6 Å². The van der Waals surface area contributed by atoms with Crippen molar-refractivity contribution in [2.24, 2.45) is 0 Å². The van der Waals surface area contributed by atoms with Gasteiger partial charge in [-0.05, 0) is 50.1 Å². The molecule has 2 aromatic heterocycles. The number of aromatic hydroxyl groups is 1. The minimum atomic E-state index is -0.336. The molecule has 1 amide bonds. The largest absolute Gasteiger partial charge is 0.507 e. The summed E-state index contributed by atoms with van der Waals surface area (Å²) >= 11 is 1.73. The van der Waals surface area contributed by atoms with E-state index in [4.69, 9.17) is 4.74 Å². The number of hydrogen-bond acceptors (Lipinski definition) is 8. The van der Waals surface area contributed by atoms with Crippen LogP contribution in [-0.4, -0.2) is 68.9 Å². The summed E-state index contributed by atoms with van der Waals surface area (Å²) in [7, 11) is 0. The van der Waals surface area contributed by atoms with Crippen LogP contribution in [0.15, 0.2) is 35.4 Å². The number of aromatic nitrogens is 4. The van der Waals surface area contributed by atoms with Crippen LogP contribution in [0.25, 0.3) is 17.1 Å². The first-order valence-electron chi connectivity index (χ1n) is 11.1. The Bertz CT molecular complexity index is 1170. The molecule has 0 radical (unpaired) electrons. The Hall–Kier alpha value is -3.11. The minimum Gasteiger partial charge on any atom is -0.507 e. The fourth-order valence-corrected chi connectivity index (χ4v) is 5.14. The van der Waals surface area contributed by atoms with Crippen LogP contribution in [0.1, 0.15) is 30.0 Å². The average Bonchev–Trinajstić information content (AvgIpc) is 3.45. The standard InChI is InChI=1S/C23H26N6O3S/c1-14(2)25-23(31)22-27-26-21(17-11-15-5-10-33-19(15)12-18(17)30)29(22)16-3-4-20(24-13-16)28-6-8-32-9-7-28/h3-4,11-14,30H,5-10H2,1-2H3,(H,25,31). The lowest BCUT2D eigenvalue weighted by Gasteiger charge is -2.27. The van der Waals surface area contributed by atoms with Crippen LogP contribution >= 0.6 is 11.8 Å². The molecule has 172 valence electrons. The second kappa shape index (κ2) is 9.03. The molecular formula is C23H26N6O3S. The van der Waals surface area contributed by atoms with Crippen molar-refractivity contribution >= 4 is 23.5 Å². The molecule has 0 spiro atoms. The van der Waals surface area contributed by atoms with Gasteiger partial charge in [-0.2, -0.15) is 0 Å². The topological polar surface area (TPSA) is 105 Å². The summed E-state index contributed by atoms with van der Waals surface area (Å²) in [5.74, 6) is 2.17. The van der Waals surface area contributed by atoms with Crippen LogP contribution in [-0.2, 0) is 11.2 Å². The van der Waals surface area contributed by atoms with Crippen molar-refractivity contribution in [1.29, 1.82) is 0 Å². The molecule has 3 aromatic rings. The third-order valence-corrected chi connectivity index (χ3v) is 6.76. The Morgan fingerprint density at radius 3 is 2.76 bits per heavy atom. The number of morpholine rings is 1. The highest BCUT2D eigenvalue weighted by atomic mass is 32.2. The molecule has 10 heteroatoms. The van der Waals surface area contributed by atoms with Gasteiger partial charge in [-0.3, -0.25) is 9.36 Å². The van der Waals surface area contributed by atoms with Gasteiger partial charge in [0.25, 0.3) is 5.91 Å². The molecule has 1 aromatic carbocycles. The average molecular weight is 467 g/mol. The zero-order valence-electron chi connectivity index (χ0n) is 18.6. The van der Waals surface area contributed by atoms with Crippen LogP contribution in [0.2, 0.25) is 0 Å². The molecule has 4 heterocycles. The number of thioether (sulfide) groups is 1. The first-order chi connectivity index (χ1) is 16.0. The highest BCUT2D eigenvalue weighted by Crippen LogP contribution is 2.40. The van der Waals surface area contributed by atoms with Crippen LogP contribution in [0.4, 0.5) is 5.82 Å². The number of rotatable bonds is 5. The van der Waals surface area contributed by atoms with Crippen LogP contribution in [0, 0.1) is 0 Å². The molecule has 2 aliphatic heterocycles. The maximum atomic E-state index is 12.9. The van der Waals surface area contributed by atoms with Crippen molar-refractivity contribution in [2.75, 3.05) is 37.0 Å². The summed E-state index contributed by atoms with van der Waals surface area (Å²) in [6, 6.07) is 7.49. The number of ether oxygens (including phenoxy) is 1. The van der Waals surface area contributed by atoms with Crippen molar-refractivity contribution in [2.45, 2.75) is 31.2 Å². The summed E-state index contributed by atoms with van der Waals surface area (Å²) in [5.41, 5.74) is 2.36. The van der Waals surface area contributed by atoms with E-state index >= 15 is 0 Å². The number of anilines is 1. The molecule has 0 unspecified atom stereocenters. The maximum Gasteiger partial charge on any atom is 0.289 e. The monoisotopic (exact) mass is 466 g/mol. The lowest BCUT2D eigenvalue weighted by atomic mass is 10.1. The fraction of sp³-hybridized carbons (Fsp3) is 0.391. The van der Waals surface area contributed by atoms with Gasteiger partial charge in [-0.25, -0.2) is 4.98 Å². The number of carbonyl (C=O) groups excluding carboxylic acids is 1. The fourth-order valence-electron chi connectivity index (χ4n) is 4.06. The van der Waals surface area contributed by atoms with Crippen LogP contribution in [0.5, 0.6) is 5.75 Å². The molecule has 2 aliphatic rings. The summed E-state index contributed by atoms with van der Waals surface area (Å²) < 4.78 is 7.09. The number of nitrogens with one attached hydrogen (secondary N) is 1. The molecule has 33 heavy (non-hydrogen) atoms. The lowest BCUT2D eigenvalue weighted by molar-refractivity contribution is 0.0930. The highest BCUT2D eigenvalue weighted by molar-refractivity contribution is 7.99. The van der Waals surface area contributed by atoms with Crippen molar-refractivity contribution in [1.82, 2.24) is 25.1 Å². The quantitative estimate of drug-likeness (QED) is 0.591. The van der Waals surface area contributed by atoms with E-state index in [1.165, 1.54) is 0 Å². The molecule has 1 saturated heterocycles. The summed E-state index contributed by atoms with van der Waals surface area (Å²) in [6.07, 6.45) is 2.64. The van der Waals surface area contributed by atoms with E-state index in [1.807, 2.05) is 32.0 Å². The Balaban J connectivity index is 1.59. The number of carbonyl (C=O) groups is 1. The van der Waals surface area contributed by atoms with E-state index in [9.17, 15) is 9.90 Å². The molecule has 0 saturated carbocycles. The number of nitrogens with zero attached hydrogens (tertiary/aromatic N) is 5.